The maximum Gasteiger partial charge on any atom is 0.340 e. The Morgan fingerprint density at radius 2 is 2.22 bits per heavy atom. The van der Waals surface area contributed by atoms with Gasteiger partial charge in [-0.05, 0) is 17.7 Å². The van der Waals surface area contributed by atoms with Gasteiger partial charge in [-0.15, -0.1) is 0 Å². The molecule has 7 nitrogen and oxygen atoms in total. The van der Waals surface area contributed by atoms with E-state index in [1.165, 1.54) is 18.2 Å². The highest BCUT2D eigenvalue weighted by Gasteiger charge is 2.13. The van der Waals surface area contributed by atoms with E-state index < -0.39 is 12.0 Å². The molecule has 0 heterocycles. The zero-order chi connectivity index (χ0) is 13.4. The number of hydrogen-bond donors (Lipinski definition) is 1. The lowest BCUT2D eigenvalue weighted by molar-refractivity contribution is 0.0551. The number of carbonyl (C=O) groups excluding carboxylic acids is 2. The number of para-hydroxylation sites is 1. The van der Waals surface area contributed by atoms with Gasteiger partial charge in [-0.25, -0.2) is 4.79 Å². The number of carbonyl (C=O) groups is 2. The summed E-state index contributed by atoms with van der Waals surface area (Å²) in [4.78, 5) is 25.1. The number of nitrogens with zero attached hydrogens (tertiary/aromatic N) is 3. The second kappa shape index (κ2) is 6.72. The number of urea groups is 1. The van der Waals surface area contributed by atoms with E-state index in [1.54, 1.807) is 12.1 Å². The summed E-state index contributed by atoms with van der Waals surface area (Å²) < 4.78 is 4.85. The Kier molecular flexibility index (Phi) is 4.96. The molecule has 0 atom stereocenters. The first kappa shape index (κ1) is 13.3. The van der Waals surface area contributed by atoms with Gasteiger partial charge >= 0.3 is 12.0 Å². The number of amides is 2. The molecule has 2 amide bonds. The molecule has 1 aromatic carbocycles. The number of anilines is 1. The molecule has 1 rings (SSSR count). The molecule has 0 bridgehead atoms. The molecular formula is C11H10N4O3. The number of nitrogens with one attached hydrogen (secondary N) is 1. The van der Waals surface area contributed by atoms with Crippen LogP contribution >= 0.6 is 0 Å². The van der Waals surface area contributed by atoms with Crippen LogP contribution in [-0.4, -0.2) is 18.6 Å². The minimum absolute atomic E-state index is 0.0669. The van der Waals surface area contributed by atoms with Gasteiger partial charge in [0, 0.05) is 10.0 Å². The van der Waals surface area contributed by atoms with Crippen LogP contribution < -0.4 is 5.32 Å². The van der Waals surface area contributed by atoms with Crippen molar-refractivity contribution < 1.29 is 14.3 Å². The van der Waals surface area contributed by atoms with Crippen LogP contribution in [0.1, 0.15) is 10.4 Å². The van der Waals surface area contributed by atoms with Crippen molar-refractivity contribution in [2.75, 3.05) is 11.9 Å². The molecule has 0 aliphatic heterocycles. The Balaban J connectivity index is 2.91. The highest BCUT2D eigenvalue weighted by Crippen LogP contribution is 2.16. The van der Waals surface area contributed by atoms with Crippen LogP contribution in [0.15, 0.2) is 42.0 Å². The monoisotopic (exact) mass is 246 g/mol. The molecule has 0 radical (unpaired) electrons. The average Bonchev–Trinajstić information content (AvgIpc) is 2.37. The molecule has 0 aliphatic rings. The molecular weight excluding hydrogens is 236 g/mol. The van der Waals surface area contributed by atoms with Gasteiger partial charge in [-0.1, -0.05) is 24.8 Å². The maximum atomic E-state index is 11.6. The summed E-state index contributed by atoms with van der Waals surface area (Å²) in [5, 5.41) is 5.13. The Bertz CT molecular complexity index is 521. The molecule has 0 unspecified atom stereocenters. The minimum Gasteiger partial charge on any atom is -0.458 e. The Morgan fingerprint density at radius 1 is 1.50 bits per heavy atom. The molecule has 0 aliphatic carbocycles. The van der Waals surface area contributed by atoms with E-state index in [4.69, 9.17) is 10.3 Å². The first-order valence-corrected chi connectivity index (χ1v) is 4.92. The number of benzene rings is 1. The van der Waals surface area contributed by atoms with Crippen LogP contribution in [0.5, 0.6) is 0 Å². The lowest BCUT2D eigenvalue weighted by atomic mass is 10.2. The highest BCUT2D eigenvalue weighted by molar-refractivity contribution is 6.01. The molecule has 92 valence electrons. The van der Waals surface area contributed by atoms with Gasteiger partial charge in [0.1, 0.15) is 6.61 Å². The molecule has 0 saturated heterocycles. The van der Waals surface area contributed by atoms with Gasteiger partial charge < -0.3 is 10.1 Å². The lowest BCUT2D eigenvalue weighted by Gasteiger charge is -2.08. The smallest absolute Gasteiger partial charge is 0.340 e. The van der Waals surface area contributed by atoms with Crippen molar-refractivity contribution >= 4 is 17.7 Å². The predicted octanol–water partition coefficient (Wildman–Crippen LogP) is 2.87. The largest absolute Gasteiger partial charge is 0.458 e. The Labute approximate surface area is 103 Å². The Morgan fingerprint density at radius 3 is 2.89 bits per heavy atom. The zero-order valence-corrected chi connectivity index (χ0v) is 9.37. The summed E-state index contributed by atoms with van der Waals surface area (Å²) >= 11 is 0. The second-order valence-electron chi connectivity index (χ2n) is 3.05. The molecule has 1 aromatic rings. The average molecular weight is 246 g/mol. The van der Waals surface area contributed by atoms with Gasteiger partial charge in [0.2, 0.25) is 0 Å². The van der Waals surface area contributed by atoms with Crippen molar-refractivity contribution in [3.8, 4) is 0 Å². The maximum absolute atomic E-state index is 11.6. The van der Waals surface area contributed by atoms with Crippen LogP contribution in [0.25, 0.3) is 10.4 Å². The van der Waals surface area contributed by atoms with Crippen molar-refractivity contribution in [2.24, 2.45) is 5.11 Å². The highest BCUT2D eigenvalue weighted by atomic mass is 16.5. The van der Waals surface area contributed by atoms with E-state index in [1.807, 2.05) is 0 Å². The standard InChI is InChI=1S/C11H10N4O3/c1-2-7-18-10(16)8-5-3-4-6-9(8)13-11(17)14-15-12/h2-6H,1,7H2,(H,13,17). The second-order valence-corrected chi connectivity index (χ2v) is 3.05. The first-order chi connectivity index (χ1) is 8.69. The van der Waals surface area contributed by atoms with E-state index in [2.05, 4.69) is 21.9 Å². The molecule has 18 heavy (non-hydrogen) atoms. The van der Waals surface area contributed by atoms with Crippen LogP contribution in [0, 0.1) is 0 Å². The van der Waals surface area contributed by atoms with Crippen molar-refractivity contribution in [1.82, 2.24) is 0 Å². The fourth-order valence-corrected chi connectivity index (χ4v) is 1.16. The third-order valence-electron chi connectivity index (χ3n) is 1.86. The van der Waals surface area contributed by atoms with E-state index >= 15 is 0 Å². The molecule has 7 heteroatoms. The number of hydrogen-bond acceptors (Lipinski definition) is 3. The third kappa shape index (κ3) is 3.66. The van der Waals surface area contributed by atoms with Gasteiger partial charge in [-0.2, -0.15) is 0 Å². The van der Waals surface area contributed by atoms with Crippen molar-refractivity contribution in [3.63, 3.8) is 0 Å². The summed E-state index contributed by atoms with van der Waals surface area (Å²) in [5.74, 6) is -0.605. The quantitative estimate of drug-likeness (QED) is 0.290. The van der Waals surface area contributed by atoms with Crippen molar-refractivity contribution in [1.29, 1.82) is 0 Å². The summed E-state index contributed by atoms with van der Waals surface area (Å²) in [6, 6.07) is 5.32. The summed E-state index contributed by atoms with van der Waals surface area (Å²) in [7, 11) is 0. The predicted molar refractivity (Wildman–Crippen MR) is 65.1 cm³/mol. The van der Waals surface area contributed by atoms with Gasteiger partial charge in [0.15, 0.2) is 0 Å². The van der Waals surface area contributed by atoms with Crippen LogP contribution in [0.4, 0.5) is 10.5 Å². The first-order valence-electron chi connectivity index (χ1n) is 4.92. The number of ether oxygens (including phenoxy) is 1. The number of azide groups is 1. The fraction of sp³-hybridized carbons (Fsp3) is 0.0909. The van der Waals surface area contributed by atoms with Gasteiger partial charge in [0.25, 0.3) is 0 Å². The summed E-state index contributed by atoms with van der Waals surface area (Å²) in [5.41, 5.74) is 8.48. The van der Waals surface area contributed by atoms with Crippen molar-refractivity contribution in [2.45, 2.75) is 0 Å². The van der Waals surface area contributed by atoms with E-state index in [0.717, 1.165) is 0 Å². The molecule has 0 saturated carbocycles. The fourth-order valence-electron chi connectivity index (χ4n) is 1.16. The van der Waals surface area contributed by atoms with Crippen LogP contribution in [0.2, 0.25) is 0 Å². The molecule has 0 aromatic heterocycles. The van der Waals surface area contributed by atoms with E-state index in [9.17, 15) is 9.59 Å². The number of esters is 1. The van der Waals surface area contributed by atoms with Crippen molar-refractivity contribution in [3.05, 3.63) is 52.9 Å². The molecule has 1 N–H and O–H groups in total. The number of rotatable bonds is 4. The van der Waals surface area contributed by atoms with E-state index in [-0.39, 0.29) is 17.9 Å². The lowest BCUT2D eigenvalue weighted by Crippen LogP contribution is -2.12. The molecule has 0 fully saturated rings. The SMILES string of the molecule is C=CCOC(=O)c1ccccc1NC(=O)N=[N+]=[N-]. The van der Waals surface area contributed by atoms with E-state index in [0.29, 0.717) is 0 Å². The topological polar surface area (TPSA) is 104 Å². The minimum atomic E-state index is -0.901. The summed E-state index contributed by atoms with van der Waals surface area (Å²) in [6.45, 7) is 3.49. The van der Waals surface area contributed by atoms with Crippen LogP contribution in [-0.2, 0) is 4.74 Å². The zero-order valence-electron chi connectivity index (χ0n) is 9.37. The van der Waals surface area contributed by atoms with Gasteiger partial charge in [-0.3, -0.25) is 4.79 Å². The van der Waals surface area contributed by atoms with Crippen LogP contribution in [0.3, 0.4) is 0 Å². The Hall–Kier alpha value is -2.79. The summed E-state index contributed by atoms with van der Waals surface area (Å²) in [6.07, 6.45) is 1.43. The molecule has 0 spiro atoms. The normalized spacial score (nSPS) is 8.89. The van der Waals surface area contributed by atoms with Gasteiger partial charge in [0.05, 0.1) is 11.3 Å². The third-order valence-corrected chi connectivity index (χ3v) is 1.86.